The van der Waals surface area contributed by atoms with Crippen LogP contribution in [0.5, 0.6) is 0 Å². The molecule has 148 valence electrons. The predicted octanol–water partition coefficient (Wildman–Crippen LogP) is 4.87. The van der Waals surface area contributed by atoms with Gasteiger partial charge in [-0.3, -0.25) is 15.1 Å². The van der Waals surface area contributed by atoms with E-state index in [2.05, 4.69) is 17.2 Å². The van der Waals surface area contributed by atoms with Crippen LogP contribution in [0.15, 0.2) is 65.1 Å². The molecule has 0 spiro atoms. The highest BCUT2D eigenvalue weighted by Gasteiger charge is 2.26. The van der Waals surface area contributed by atoms with Crippen molar-refractivity contribution in [3.05, 3.63) is 88.2 Å². The molecular formula is C23H19N5OS. The van der Waals surface area contributed by atoms with Crippen molar-refractivity contribution in [1.29, 1.82) is 0 Å². The fraction of sp³-hybridized carbons (Fsp3) is 0.130. The van der Waals surface area contributed by atoms with Crippen molar-refractivity contribution in [2.24, 2.45) is 4.99 Å². The van der Waals surface area contributed by atoms with E-state index in [1.165, 1.54) is 11.3 Å². The van der Waals surface area contributed by atoms with Crippen LogP contribution in [0.1, 0.15) is 32.9 Å². The van der Waals surface area contributed by atoms with E-state index >= 15 is 0 Å². The zero-order chi connectivity index (χ0) is 20.7. The van der Waals surface area contributed by atoms with Crippen molar-refractivity contribution < 1.29 is 4.79 Å². The molecule has 6 nitrogen and oxygen atoms in total. The van der Waals surface area contributed by atoms with E-state index in [1.807, 2.05) is 59.5 Å². The number of benzene rings is 2. The molecule has 0 fully saturated rings. The zero-order valence-corrected chi connectivity index (χ0v) is 17.4. The Morgan fingerprint density at radius 2 is 1.93 bits per heavy atom. The minimum Gasteiger partial charge on any atom is -0.298 e. The first-order chi connectivity index (χ1) is 14.6. The molecule has 0 unspecified atom stereocenters. The van der Waals surface area contributed by atoms with Crippen LogP contribution in [0.3, 0.4) is 0 Å². The number of aromatic nitrogens is 3. The molecule has 1 N–H and O–H groups in total. The molecule has 1 aliphatic rings. The number of hydrogen-bond donors (Lipinski definition) is 1. The van der Waals surface area contributed by atoms with Gasteiger partial charge in [-0.2, -0.15) is 5.10 Å². The summed E-state index contributed by atoms with van der Waals surface area (Å²) in [6, 6.07) is 15.8. The fourth-order valence-electron chi connectivity index (χ4n) is 3.88. The number of anilines is 1. The number of nitrogens with one attached hydrogen (secondary N) is 1. The standard InChI is InChI=1S/C23H19N5OS/c1-14-20(15(2)28(27-14)17-8-4-3-5-9-17)19-13-16-7-6-10-18(21(16)25-19)22(29)26-23-24-11-12-30-23/h3-12H,13H2,1-2H3,(H,24,26,29). The average molecular weight is 414 g/mol. The zero-order valence-electron chi connectivity index (χ0n) is 16.6. The van der Waals surface area contributed by atoms with Crippen LogP contribution in [-0.2, 0) is 6.42 Å². The molecule has 3 heterocycles. The highest BCUT2D eigenvalue weighted by Crippen LogP contribution is 2.34. The highest BCUT2D eigenvalue weighted by molar-refractivity contribution is 7.13. The Hall–Kier alpha value is -3.58. The maximum atomic E-state index is 12.8. The minimum absolute atomic E-state index is 0.194. The Bertz CT molecular complexity index is 1270. The lowest BCUT2D eigenvalue weighted by Gasteiger charge is -2.05. The summed E-state index contributed by atoms with van der Waals surface area (Å²) in [5.74, 6) is -0.194. The van der Waals surface area contributed by atoms with Crippen molar-refractivity contribution in [3.63, 3.8) is 0 Å². The second-order valence-corrected chi connectivity index (χ2v) is 8.03. The Kier molecular flexibility index (Phi) is 4.52. The third kappa shape index (κ3) is 3.13. The molecule has 0 radical (unpaired) electrons. The molecule has 0 atom stereocenters. The van der Waals surface area contributed by atoms with Crippen molar-refractivity contribution >= 4 is 33.8 Å². The van der Waals surface area contributed by atoms with Gasteiger partial charge in [-0.05, 0) is 37.6 Å². The molecule has 2 aromatic carbocycles. The van der Waals surface area contributed by atoms with E-state index in [-0.39, 0.29) is 5.91 Å². The summed E-state index contributed by atoms with van der Waals surface area (Å²) < 4.78 is 1.95. The molecule has 30 heavy (non-hydrogen) atoms. The van der Waals surface area contributed by atoms with Crippen LogP contribution in [0, 0.1) is 13.8 Å². The molecule has 0 saturated carbocycles. The summed E-state index contributed by atoms with van der Waals surface area (Å²) in [5.41, 5.74) is 7.30. The van der Waals surface area contributed by atoms with Gasteiger partial charge < -0.3 is 0 Å². The van der Waals surface area contributed by atoms with Crippen molar-refractivity contribution in [2.75, 3.05) is 5.32 Å². The molecule has 1 amide bonds. The molecule has 7 heteroatoms. The van der Waals surface area contributed by atoms with Gasteiger partial charge in [0.15, 0.2) is 5.13 Å². The number of thiazole rings is 1. The van der Waals surface area contributed by atoms with Gasteiger partial charge in [0.2, 0.25) is 0 Å². The Morgan fingerprint density at radius 3 is 2.70 bits per heavy atom. The highest BCUT2D eigenvalue weighted by atomic mass is 32.1. The van der Waals surface area contributed by atoms with Crippen LogP contribution in [-0.4, -0.2) is 26.4 Å². The van der Waals surface area contributed by atoms with Crippen LogP contribution in [0.25, 0.3) is 5.69 Å². The smallest absolute Gasteiger partial charge is 0.259 e. The topological polar surface area (TPSA) is 72.2 Å². The second-order valence-electron chi connectivity index (χ2n) is 7.13. The molecule has 2 aromatic heterocycles. The maximum absolute atomic E-state index is 12.8. The number of nitrogens with zero attached hydrogens (tertiary/aromatic N) is 4. The normalized spacial score (nSPS) is 12.5. The van der Waals surface area contributed by atoms with Gasteiger partial charge in [-0.15, -0.1) is 11.3 Å². The Morgan fingerprint density at radius 1 is 1.10 bits per heavy atom. The number of carbonyl (C=O) groups is 1. The van der Waals surface area contributed by atoms with Gasteiger partial charge in [-0.1, -0.05) is 30.3 Å². The summed E-state index contributed by atoms with van der Waals surface area (Å²) in [7, 11) is 0. The number of hydrogen-bond acceptors (Lipinski definition) is 5. The van der Waals surface area contributed by atoms with E-state index in [4.69, 9.17) is 10.1 Å². The van der Waals surface area contributed by atoms with Crippen LogP contribution in [0.4, 0.5) is 10.8 Å². The largest absolute Gasteiger partial charge is 0.298 e. The number of aryl methyl sites for hydroxylation is 1. The third-order valence-corrected chi connectivity index (χ3v) is 5.89. The van der Waals surface area contributed by atoms with E-state index < -0.39 is 0 Å². The first-order valence-corrected chi connectivity index (χ1v) is 10.5. The molecule has 1 aliphatic heterocycles. The lowest BCUT2D eigenvalue weighted by Crippen LogP contribution is -2.11. The van der Waals surface area contributed by atoms with E-state index in [9.17, 15) is 4.79 Å². The number of aliphatic imine (C=N–C) groups is 1. The van der Waals surface area contributed by atoms with Crippen molar-refractivity contribution in [1.82, 2.24) is 14.8 Å². The minimum atomic E-state index is -0.194. The quantitative estimate of drug-likeness (QED) is 0.518. The van der Waals surface area contributed by atoms with Crippen LogP contribution in [0.2, 0.25) is 0 Å². The molecule has 0 bridgehead atoms. The Balaban J connectivity index is 1.52. The second kappa shape index (κ2) is 7.35. The van der Waals surface area contributed by atoms with Gasteiger partial charge in [0, 0.05) is 23.6 Å². The van der Waals surface area contributed by atoms with Crippen LogP contribution < -0.4 is 5.32 Å². The first kappa shape index (κ1) is 18.4. The fourth-order valence-corrected chi connectivity index (χ4v) is 4.40. The van der Waals surface area contributed by atoms with Crippen molar-refractivity contribution in [3.8, 4) is 5.69 Å². The number of para-hydroxylation sites is 2. The van der Waals surface area contributed by atoms with E-state index in [0.717, 1.165) is 39.6 Å². The molecule has 4 aromatic rings. The van der Waals surface area contributed by atoms with Gasteiger partial charge in [0.05, 0.1) is 34.0 Å². The number of rotatable bonds is 4. The van der Waals surface area contributed by atoms with Gasteiger partial charge in [0.25, 0.3) is 5.91 Å². The number of carbonyl (C=O) groups excluding carboxylic acids is 1. The number of amides is 1. The van der Waals surface area contributed by atoms with Gasteiger partial charge in [0.1, 0.15) is 0 Å². The predicted molar refractivity (Wildman–Crippen MR) is 119 cm³/mol. The maximum Gasteiger partial charge on any atom is 0.259 e. The molecular weight excluding hydrogens is 394 g/mol. The van der Waals surface area contributed by atoms with Gasteiger partial charge in [-0.25, -0.2) is 9.67 Å². The van der Waals surface area contributed by atoms with Crippen LogP contribution >= 0.6 is 11.3 Å². The summed E-state index contributed by atoms with van der Waals surface area (Å²) in [6.45, 7) is 4.06. The molecule has 0 aliphatic carbocycles. The number of fused-ring (bicyclic) bond motifs is 1. The summed E-state index contributed by atoms with van der Waals surface area (Å²) in [5, 5.41) is 10.0. The molecule has 0 saturated heterocycles. The summed E-state index contributed by atoms with van der Waals surface area (Å²) >= 11 is 1.39. The van der Waals surface area contributed by atoms with E-state index in [1.54, 1.807) is 12.3 Å². The summed E-state index contributed by atoms with van der Waals surface area (Å²) in [4.78, 5) is 21.8. The Labute approximate surface area is 177 Å². The monoisotopic (exact) mass is 413 g/mol. The van der Waals surface area contributed by atoms with Gasteiger partial charge >= 0.3 is 0 Å². The lowest BCUT2D eigenvalue weighted by atomic mass is 10.0. The first-order valence-electron chi connectivity index (χ1n) is 9.64. The third-order valence-electron chi connectivity index (χ3n) is 5.20. The van der Waals surface area contributed by atoms with E-state index in [0.29, 0.717) is 17.1 Å². The molecule has 5 rings (SSSR count). The lowest BCUT2D eigenvalue weighted by molar-refractivity contribution is 0.102. The van der Waals surface area contributed by atoms with Crippen molar-refractivity contribution in [2.45, 2.75) is 20.3 Å². The SMILES string of the molecule is Cc1nn(-c2ccccc2)c(C)c1C1=Nc2c(cccc2C(=O)Nc2nccs2)C1. The average Bonchev–Trinajstić information content (AvgIpc) is 3.47. The summed E-state index contributed by atoms with van der Waals surface area (Å²) in [6.07, 6.45) is 2.35.